The van der Waals surface area contributed by atoms with Crippen molar-refractivity contribution >= 4 is 17.7 Å². The number of aliphatic imine (C=N–C) groups is 1. The van der Waals surface area contributed by atoms with Gasteiger partial charge in [0.2, 0.25) is 0 Å². The molecule has 0 bridgehead atoms. The topological polar surface area (TPSA) is 27.6 Å². The molecule has 1 heterocycles. The number of likely N-dealkylation sites (tertiary alicyclic amines) is 1. The fraction of sp³-hybridized carbons (Fsp3) is 0.929. The van der Waals surface area contributed by atoms with Crippen LogP contribution in [0.1, 0.15) is 33.6 Å². The molecule has 0 saturated carbocycles. The highest BCUT2D eigenvalue weighted by molar-refractivity contribution is 7.98. The molecule has 1 aliphatic rings. The van der Waals surface area contributed by atoms with Crippen LogP contribution in [0, 0.1) is 11.8 Å². The number of guanidine groups is 1. The Balaban J connectivity index is 2.46. The van der Waals surface area contributed by atoms with Gasteiger partial charge in [-0.05, 0) is 37.9 Å². The summed E-state index contributed by atoms with van der Waals surface area (Å²) < 4.78 is 0. The van der Waals surface area contributed by atoms with Gasteiger partial charge in [0.05, 0.1) is 6.54 Å². The maximum atomic E-state index is 4.71. The lowest BCUT2D eigenvalue weighted by Gasteiger charge is -2.22. The lowest BCUT2D eigenvalue weighted by Crippen LogP contribution is -2.40. The van der Waals surface area contributed by atoms with Crippen molar-refractivity contribution in [2.45, 2.75) is 33.6 Å². The number of nitrogens with one attached hydrogen (secondary N) is 1. The van der Waals surface area contributed by atoms with Gasteiger partial charge in [0.1, 0.15) is 0 Å². The molecule has 3 nitrogen and oxygen atoms in total. The lowest BCUT2D eigenvalue weighted by atomic mass is 9.97. The largest absolute Gasteiger partial charge is 0.357 e. The third-order valence-electron chi connectivity index (χ3n) is 3.28. The van der Waals surface area contributed by atoms with E-state index in [0.717, 1.165) is 36.6 Å². The Bertz CT molecular complexity index is 253. The first kappa shape index (κ1) is 15.7. The van der Waals surface area contributed by atoms with Crippen LogP contribution >= 0.6 is 11.8 Å². The van der Waals surface area contributed by atoms with Crippen LogP contribution in [0.2, 0.25) is 0 Å². The van der Waals surface area contributed by atoms with Crippen molar-refractivity contribution in [3.8, 4) is 0 Å². The summed E-state index contributed by atoms with van der Waals surface area (Å²) >= 11 is 1.86. The molecular formula is C14H29N3S. The average molecular weight is 271 g/mol. The highest BCUT2D eigenvalue weighted by Gasteiger charge is 2.25. The molecule has 18 heavy (non-hydrogen) atoms. The van der Waals surface area contributed by atoms with Gasteiger partial charge in [-0.15, -0.1) is 0 Å². The van der Waals surface area contributed by atoms with Gasteiger partial charge in [0.25, 0.3) is 0 Å². The van der Waals surface area contributed by atoms with E-state index in [1.54, 1.807) is 0 Å². The van der Waals surface area contributed by atoms with Gasteiger partial charge >= 0.3 is 0 Å². The monoisotopic (exact) mass is 271 g/mol. The summed E-state index contributed by atoms with van der Waals surface area (Å²) in [5, 5.41) is 3.42. The van der Waals surface area contributed by atoms with Crippen LogP contribution in [0.15, 0.2) is 4.99 Å². The normalized spacial score (nSPS) is 20.8. The van der Waals surface area contributed by atoms with Gasteiger partial charge < -0.3 is 10.2 Å². The summed E-state index contributed by atoms with van der Waals surface area (Å²) in [4.78, 5) is 7.15. The number of thioether (sulfide) groups is 1. The molecule has 1 aliphatic heterocycles. The van der Waals surface area contributed by atoms with Gasteiger partial charge in [0, 0.05) is 25.4 Å². The lowest BCUT2D eigenvalue weighted by molar-refractivity contribution is 0.404. The Morgan fingerprint density at radius 3 is 2.89 bits per heavy atom. The van der Waals surface area contributed by atoms with Crippen LogP contribution < -0.4 is 5.32 Å². The highest BCUT2D eigenvalue weighted by atomic mass is 32.2. The van der Waals surface area contributed by atoms with E-state index in [2.05, 4.69) is 37.2 Å². The molecule has 106 valence electrons. The van der Waals surface area contributed by atoms with E-state index in [1.807, 2.05) is 11.8 Å². The van der Waals surface area contributed by atoms with E-state index >= 15 is 0 Å². The maximum absolute atomic E-state index is 4.71. The van der Waals surface area contributed by atoms with Crippen molar-refractivity contribution in [2.24, 2.45) is 16.8 Å². The van der Waals surface area contributed by atoms with Crippen molar-refractivity contribution in [3.05, 3.63) is 0 Å². The van der Waals surface area contributed by atoms with Crippen LogP contribution in [-0.2, 0) is 0 Å². The first-order valence-electron chi connectivity index (χ1n) is 7.19. The van der Waals surface area contributed by atoms with E-state index in [-0.39, 0.29) is 0 Å². The molecule has 0 aromatic heterocycles. The molecular weight excluding hydrogens is 242 g/mol. The molecule has 1 fully saturated rings. The predicted molar refractivity (Wildman–Crippen MR) is 83.5 cm³/mol. The number of hydrogen-bond donors (Lipinski definition) is 1. The molecule has 1 rings (SSSR count). The van der Waals surface area contributed by atoms with Gasteiger partial charge in [-0.3, -0.25) is 4.99 Å². The van der Waals surface area contributed by atoms with E-state index < -0.39 is 0 Å². The summed E-state index contributed by atoms with van der Waals surface area (Å²) in [5.74, 6) is 3.90. The molecule has 1 saturated heterocycles. The van der Waals surface area contributed by atoms with Gasteiger partial charge in [-0.1, -0.05) is 13.8 Å². The fourth-order valence-electron chi connectivity index (χ4n) is 2.55. The Morgan fingerprint density at radius 1 is 1.50 bits per heavy atom. The van der Waals surface area contributed by atoms with E-state index in [0.29, 0.717) is 0 Å². The molecule has 1 atom stereocenters. The summed E-state index contributed by atoms with van der Waals surface area (Å²) in [7, 11) is 0. The summed E-state index contributed by atoms with van der Waals surface area (Å²) in [6.45, 7) is 11.0. The Kier molecular flexibility index (Phi) is 7.56. The molecule has 0 amide bonds. The molecule has 0 spiro atoms. The van der Waals surface area contributed by atoms with Crippen molar-refractivity contribution in [2.75, 3.05) is 38.2 Å². The summed E-state index contributed by atoms with van der Waals surface area (Å²) in [6, 6.07) is 0. The van der Waals surface area contributed by atoms with Gasteiger partial charge in [0.15, 0.2) is 5.96 Å². The predicted octanol–water partition coefficient (Wildman–Crippen LogP) is 2.68. The SMILES string of the molecule is CCNC(=NCCSC)N1CCC(CC(C)C)C1. The molecule has 1 unspecified atom stereocenters. The molecule has 0 aromatic carbocycles. The van der Waals surface area contributed by atoms with E-state index in [9.17, 15) is 0 Å². The van der Waals surface area contributed by atoms with Crippen molar-refractivity contribution in [1.29, 1.82) is 0 Å². The minimum Gasteiger partial charge on any atom is -0.357 e. The van der Waals surface area contributed by atoms with Crippen LogP contribution in [0.5, 0.6) is 0 Å². The van der Waals surface area contributed by atoms with Gasteiger partial charge in [-0.2, -0.15) is 11.8 Å². The zero-order chi connectivity index (χ0) is 13.4. The Hall–Kier alpha value is -0.380. The fourth-order valence-corrected chi connectivity index (χ4v) is 2.83. The maximum Gasteiger partial charge on any atom is 0.193 e. The van der Waals surface area contributed by atoms with Crippen LogP contribution in [0.25, 0.3) is 0 Å². The summed E-state index contributed by atoms with van der Waals surface area (Å²) in [6.07, 6.45) is 4.81. The molecule has 0 aliphatic carbocycles. The Morgan fingerprint density at radius 2 is 2.28 bits per heavy atom. The molecule has 4 heteroatoms. The quantitative estimate of drug-likeness (QED) is 0.457. The third kappa shape index (κ3) is 5.51. The number of nitrogens with zero attached hydrogens (tertiary/aromatic N) is 2. The molecule has 0 radical (unpaired) electrons. The smallest absolute Gasteiger partial charge is 0.193 e. The first-order valence-corrected chi connectivity index (χ1v) is 8.59. The van der Waals surface area contributed by atoms with E-state index in [4.69, 9.17) is 4.99 Å². The molecule has 1 N–H and O–H groups in total. The minimum atomic E-state index is 0.811. The summed E-state index contributed by atoms with van der Waals surface area (Å²) in [5.41, 5.74) is 0. The second-order valence-corrected chi connectivity index (χ2v) is 6.44. The van der Waals surface area contributed by atoms with Crippen LogP contribution in [0.3, 0.4) is 0 Å². The highest BCUT2D eigenvalue weighted by Crippen LogP contribution is 2.23. The zero-order valence-corrected chi connectivity index (χ0v) is 13.2. The number of hydrogen-bond acceptors (Lipinski definition) is 2. The van der Waals surface area contributed by atoms with Crippen molar-refractivity contribution in [1.82, 2.24) is 10.2 Å². The standard InChI is InChI=1S/C14H29N3S/c1-5-15-14(16-7-9-18-4)17-8-6-13(11-17)10-12(2)3/h12-13H,5-11H2,1-4H3,(H,15,16). The second-order valence-electron chi connectivity index (χ2n) is 5.46. The first-order chi connectivity index (χ1) is 8.67. The minimum absolute atomic E-state index is 0.811. The molecule has 0 aromatic rings. The number of rotatable bonds is 6. The van der Waals surface area contributed by atoms with Gasteiger partial charge in [-0.25, -0.2) is 0 Å². The zero-order valence-electron chi connectivity index (χ0n) is 12.4. The van der Waals surface area contributed by atoms with Crippen LogP contribution in [-0.4, -0.2) is 49.0 Å². The second kappa shape index (κ2) is 8.68. The Labute approximate surface area is 117 Å². The van der Waals surface area contributed by atoms with E-state index in [1.165, 1.54) is 25.9 Å². The van der Waals surface area contributed by atoms with Crippen molar-refractivity contribution in [3.63, 3.8) is 0 Å². The van der Waals surface area contributed by atoms with Crippen molar-refractivity contribution < 1.29 is 0 Å². The third-order valence-corrected chi connectivity index (χ3v) is 3.87. The average Bonchev–Trinajstić information content (AvgIpc) is 2.75. The van der Waals surface area contributed by atoms with Crippen LogP contribution in [0.4, 0.5) is 0 Å².